The van der Waals surface area contributed by atoms with E-state index in [1.54, 1.807) is 7.11 Å². The lowest BCUT2D eigenvalue weighted by molar-refractivity contribution is 0.325. The van der Waals surface area contributed by atoms with Crippen LogP contribution in [-0.2, 0) is 6.42 Å². The van der Waals surface area contributed by atoms with E-state index in [9.17, 15) is 0 Å². The fourth-order valence-electron chi connectivity index (χ4n) is 4.77. The molecular formula is C26H38IN5O. The standard InChI is InChI=1S/C26H37N5O.HI/c1-27-26(31-17-15-30(16-18-31)24-9-6-10-25(19-24)32-2)28-20-23-12-14-29(21-23)13-11-22-7-4-3-5-8-22;/h3-10,19,23H,11-18,20-21H2,1-2H3,(H,27,28);1H. The number of rotatable bonds is 7. The largest absolute Gasteiger partial charge is 0.497 e. The molecule has 2 aliphatic heterocycles. The van der Waals surface area contributed by atoms with Gasteiger partial charge in [0.15, 0.2) is 5.96 Å². The van der Waals surface area contributed by atoms with Crippen LogP contribution in [0.5, 0.6) is 5.75 Å². The third-order valence-corrected chi connectivity index (χ3v) is 6.69. The van der Waals surface area contributed by atoms with E-state index >= 15 is 0 Å². The third kappa shape index (κ3) is 7.24. The molecule has 1 N–H and O–H groups in total. The highest BCUT2D eigenvalue weighted by atomic mass is 127. The normalized spacial score (nSPS) is 19.3. The summed E-state index contributed by atoms with van der Waals surface area (Å²) in [5, 5.41) is 3.66. The third-order valence-electron chi connectivity index (χ3n) is 6.69. The molecule has 0 spiro atoms. The number of ether oxygens (including phenoxy) is 1. The molecule has 2 aromatic rings. The van der Waals surface area contributed by atoms with Crippen LogP contribution in [0.4, 0.5) is 5.69 Å². The van der Waals surface area contributed by atoms with Crippen LogP contribution in [-0.4, -0.2) is 82.3 Å². The molecule has 1 unspecified atom stereocenters. The van der Waals surface area contributed by atoms with Crippen molar-refractivity contribution >= 4 is 35.6 Å². The number of hydrogen-bond donors (Lipinski definition) is 1. The molecule has 180 valence electrons. The Morgan fingerprint density at radius 2 is 1.82 bits per heavy atom. The van der Waals surface area contributed by atoms with Crippen molar-refractivity contribution in [3.05, 3.63) is 60.2 Å². The minimum atomic E-state index is 0. The molecular weight excluding hydrogens is 525 g/mol. The summed E-state index contributed by atoms with van der Waals surface area (Å²) in [5.74, 6) is 2.65. The summed E-state index contributed by atoms with van der Waals surface area (Å²) in [4.78, 5) is 12.0. The molecule has 0 saturated carbocycles. The van der Waals surface area contributed by atoms with Crippen LogP contribution in [0, 0.1) is 5.92 Å². The molecule has 6 nitrogen and oxygen atoms in total. The zero-order valence-corrected chi connectivity index (χ0v) is 22.3. The van der Waals surface area contributed by atoms with Crippen LogP contribution < -0.4 is 15.0 Å². The number of anilines is 1. The van der Waals surface area contributed by atoms with E-state index in [1.807, 2.05) is 13.1 Å². The Hall–Kier alpha value is -2.00. The molecule has 2 fully saturated rings. The summed E-state index contributed by atoms with van der Waals surface area (Å²) in [6.07, 6.45) is 2.41. The van der Waals surface area contributed by atoms with Crippen LogP contribution >= 0.6 is 24.0 Å². The minimum absolute atomic E-state index is 0. The summed E-state index contributed by atoms with van der Waals surface area (Å²) in [6, 6.07) is 19.2. The molecule has 2 heterocycles. The van der Waals surface area contributed by atoms with Crippen LogP contribution in [0.3, 0.4) is 0 Å². The number of methoxy groups -OCH3 is 1. The molecule has 7 heteroatoms. The van der Waals surface area contributed by atoms with Crippen molar-refractivity contribution in [3.63, 3.8) is 0 Å². The van der Waals surface area contributed by atoms with Gasteiger partial charge in [0.2, 0.25) is 0 Å². The van der Waals surface area contributed by atoms with Gasteiger partial charge in [-0.15, -0.1) is 24.0 Å². The van der Waals surface area contributed by atoms with Crippen molar-refractivity contribution < 1.29 is 4.74 Å². The highest BCUT2D eigenvalue weighted by Crippen LogP contribution is 2.22. The highest BCUT2D eigenvalue weighted by molar-refractivity contribution is 14.0. The minimum Gasteiger partial charge on any atom is -0.497 e. The van der Waals surface area contributed by atoms with Gasteiger partial charge in [-0.05, 0) is 43.0 Å². The van der Waals surface area contributed by atoms with Gasteiger partial charge in [0.05, 0.1) is 7.11 Å². The average Bonchev–Trinajstić information content (AvgIpc) is 3.32. The lowest BCUT2D eigenvalue weighted by Crippen LogP contribution is -2.53. The van der Waals surface area contributed by atoms with Gasteiger partial charge in [0, 0.05) is 64.6 Å². The van der Waals surface area contributed by atoms with Gasteiger partial charge < -0.3 is 24.8 Å². The van der Waals surface area contributed by atoms with Crippen LogP contribution in [0.25, 0.3) is 0 Å². The Kier molecular flexibility index (Phi) is 10.1. The number of halogens is 1. The summed E-state index contributed by atoms with van der Waals surface area (Å²) in [5.41, 5.74) is 2.66. The number of hydrogen-bond acceptors (Lipinski definition) is 4. The molecule has 0 aliphatic carbocycles. The van der Waals surface area contributed by atoms with Crippen molar-refractivity contribution in [1.29, 1.82) is 0 Å². The Labute approximate surface area is 216 Å². The van der Waals surface area contributed by atoms with Gasteiger partial charge in [-0.2, -0.15) is 0 Å². The predicted molar refractivity (Wildman–Crippen MR) is 148 cm³/mol. The van der Waals surface area contributed by atoms with Crippen LogP contribution in [0.15, 0.2) is 59.6 Å². The highest BCUT2D eigenvalue weighted by Gasteiger charge is 2.24. The summed E-state index contributed by atoms with van der Waals surface area (Å²) in [6.45, 7) is 8.48. The summed E-state index contributed by atoms with van der Waals surface area (Å²) >= 11 is 0. The molecule has 4 rings (SSSR count). The fraction of sp³-hybridized carbons (Fsp3) is 0.500. The molecule has 0 amide bonds. The fourth-order valence-corrected chi connectivity index (χ4v) is 4.77. The maximum absolute atomic E-state index is 5.38. The number of piperazine rings is 1. The molecule has 0 radical (unpaired) electrons. The van der Waals surface area contributed by atoms with Crippen molar-refractivity contribution in [2.45, 2.75) is 12.8 Å². The number of nitrogens with zero attached hydrogens (tertiary/aromatic N) is 4. The Morgan fingerprint density at radius 3 is 2.55 bits per heavy atom. The van der Waals surface area contributed by atoms with Gasteiger partial charge in [0.1, 0.15) is 5.75 Å². The first-order valence-electron chi connectivity index (χ1n) is 11.9. The van der Waals surface area contributed by atoms with E-state index in [-0.39, 0.29) is 24.0 Å². The Balaban J connectivity index is 0.00000306. The van der Waals surface area contributed by atoms with Crippen molar-refractivity contribution in [3.8, 4) is 5.75 Å². The van der Waals surface area contributed by atoms with Crippen LogP contribution in [0.1, 0.15) is 12.0 Å². The molecule has 2 aromatic carbocycles. The lowest BCUT2D eigenvalue weighted by atomic mass is 10.1. The van der Waals surface area contributed by atoms with E-state index in [0.29, 0.717) is 5.92 Å². The first-order valence-corrected chi connectivity index (χ1v) is 11.9. The Morgan fingerprint density at radius 1 is 1.03 bits per heavy atom. The van der Waals surface area contributed by atoms with Crippen LogP contribution in [0.2, 0.25) is 0 Å². The number of benzene rings is 2. The maximum Gasteiger partial charge on any atom is 0.193 e. The summed E-state index contributed by atoms with van der Waals surface area (Å²) < 4.78 is 5.38. The quantitative estimate of drug-likeness (QED) is 0.317. The number of aliphatic imine (C=N–C) groups is 1. The van der Waals surface area contributed by atoms with E-state index in [0.717, 1.165) is 57.4 Å². The van der Waals surface area contributed by atoms with E-state index in [1.165, 1.54) is 30.8 Å². The van der Waals surface area contributed by atoms with E-state index in [4.69, 9.17) is 4.74 Å². The zero-order chi connectivity index (χ0) is 22.2. The van der Waals surface area contributed by atoms with Gasteiger partial charge >= 0.3 is 0 Å². The molecule has 2 saturated heterocycles. The van der Waals surface area contributed by atoms with E-state index < -0.39 is 0 Å². The molecule has 0 aromatic heterocycles. The topological polar surface area (TPSA) is 43.3 Å². The zero-order valence-electron chi connectivity index (χ0n) is 19.9. The van der Waals surface area contributed by atoms with E-state index in [2.05, 4.69) is 73.5 Å². The first kappa shape index (κ1) is 25.6. The van der Waals surface area contributed by atoms with Crippen molar-refractivity contribution in [1.82, 2.24) is 15.1 Å². The van der Waals surface area contributed by atoms with Gasteiger partial charge in [0.25, 0.3) is 0 Å². The molecule has 0 bridgehead atoms. The average molecular weight is 564 g/mol. The number of guanidine groups is 1. The Bertz CT molecular complexity index is 870. The van der Waals surface area contributed by atoms with Crippen molar-refractivity contribution in [2.24, 2.45) is 10.9 Å². The second-order valence-corrected chi connectivity index (χ2v) is 8.79. The SMILES string of the molecule is CN=C(NCC1CCN(CCc2ccccc2)C1)N1CCN(c2cccc(OC)c2)CC1.I. The van der Waals surface area contributed by atoms with Gasteiger partial charge in [-0.25, -0.2) is 0 Å². The second-order valence-electron chi connectivity index (χ2n) is 8.79. The van der Waals surface area contributed by atoms with Gasteiger partial charge in [-0.3, -0.25) is 4.99 Å². The smallest absolute Gasteiger partial charge is 0.193 e. The molecule has 2 aliphatic rings. The van der Waals surface area contributed by atoms with Gasteiger partial charge in [-0.1, -0.05) is 36.4 Å². The first-order chi connectivity index (χ1) is 15.7. The molecule has 33 heavy (non-hydrogen) atoms. The second kappa shape index (κ2) is 13.0. The summed E-state index contributed by atoms with van der Waals surface area (Å²) in [7, 11) is 3.62. The predicted octanol–water partition coefficient (Wildman–Crippen LogP) is 3.58. The number of likely N-dealkylation sites (tertiary alicyclic amines) is 1. The maximum atomic E-state index is 5.38. The van der Waals surface area contributed by atoms with Crippen molar-refractivity contribution in [2.75, 3.05) is 71.4 Å². The monoisotopic (exact) mass is 563 g/mol. The number of nitrogens with one attached hydrogen (secondary N) is 1. The lowest BCUT2D eigenvalue weighted by Gasteiger charge is -2.38. The molecule has 1 atom stereocenters.